The van der Waals surface area contributed by atoms with Gasteiger partial charge in [0.2, 0.25) is 20.8 Å². The molecule has 3 N–H and O–H groups in total. The molecule has 2 aliphatic rings. The molecule has 2 aromatic heterocycles. The van der Waals surface area contributed by atoms with Crippen LogP contribution in [0.3, 0.4) is 0 Å². The van der Waals surface area contributed by atoms with Gasteiger partial charge in [-0.25, -0.2) is 13.4 Å². The summed E-state index contributed by atoms with van der Waals surface area (Å²) < 4.78 is 33.5. The molecule has 12 heteroatoms. The number of aromatic nitrogens is 4. The van der Waals surface area contributed by atoms with Crippen LogP contribution in [0.5, 0.6) is 5.75 Å². The number of ether oxygens (including phenoxy) is 1. The van der Waals surface area contributed by atoms with E-state index >= 15 is 0 Å². The van der Waals surface area contributed by atoms with E-state index in [1.54, 1.807) is 27.1 Å². The van der Waals surface area contributed by atoms with Crippen molar-refractivity contribution in [2.24, 2.45) is 7.05 Å². The number of sulfone groups is 1. The molecule has 1 aromatic carbocycles. The van der Waals surface area contributed by atoms with Crippen molar-refractivity contribution in [3.8, 4) is 11.8 Å². The molecular formula is C27H34N8O3S. The van der Waals surface area contributed by atoms with E-state index in [-0.39, 0.29) is 34.1 Å². The first-order valence-corrected chi connectivity index (χ1v) is 14.8. The second-order valence-corrected chi connectivity index (χ2v) is 12.9. The SMILES string of the molecule is Cc1cc(Nc2ncc(C#N)c(Nc3cn(C)nc3S(=O)(=O)C(C)C)n2)c(OC2CC2)cc1C1CCNCC1. The van der Waals surface area contributed by atoms with Gasteiger partial charge in [0, 0.05) is 13.2 Å². The first kappa shape index (κ1) is 26.9. The average molecular weight is 551 g/mol. The Morgan fingerprint density at radius 3 is 2.56 bits per heavy atom. The van der Waals surface area contributed by atoms with Crippen LogP contribution in [0.25, 0.3) is 0 Å². The molecule has 0 bridgehead atoms. The molecule has 1 saturated heterocycles. The van der Waals surface area contributed by atoms with Crippen LogP contribution in [0.15, 0.2) is 29.6 Å². The second-order valence-electron chi connectivity index (χ2n) is 10.5. The summed E-state index contributed by atoms with van der Waals surface area (Å²) in [6, 6.07) is 6.29. The molecule has 1 aliphatic heterocycles. The standard InChI is InChI=1S/C27H34N8O3S/c1-16(2)39(36,37)26-23(15-35(4)34-26)31-25-19(13-28)14-30-27(33-25)32-22-11-17(3)21(18-7-9-29-10-8-18)12-24(22)38-20-5-6-20/h11-12,14-16,18,20,29H,5-10H2,1-4H3,(H2,30,31,32,33). The van der Waals surface area contributed by atoms with Crippen molar-refractivity contribution in [3.63, 3.8) is 0 Å². The zero-order chi connectivity index (χ0) is 27.7. The van der Waals surface area contributed by atoms with Gasteiger partial charge < -0.3 is 20.7 Å². The first-order chi connectivity index (χ1) is 18.7. The molecule has 0 atom stereocenters. The van der Waals surface area contributed by atoms with Gasteiger partial charge in [-0.1, -0.05) is 0 Å². The van der Waals surface area contributed by atoms with Crippen LogP contribution in [0.1, 0.15) is 62.1 Å². The lowest BCUT2D eigenvalue weighted by Crippen LogP contribution is -2.27. The first-order valence-electron chi connectivity index (χ1n) is 13.3. The lowest BCUT2D eigenvalue weighted by atomic mass is 9.87. The van der Waals surface area contributed by atoms with Crippen LogP contribution in [0, 0.1) is 18.3 Å². The molecule has 2 fully saturated rings. The normalized spacial score (nSPS) is 16.2. The molecule has 0 spiro atoms. The fourth-order valence-corrected chi connectivity index (χ4v) is 5.79. The van der Waals surface area contributed by atoms with Crippen LogP contribution in [-0.2, 0) is 16.9 Å². The largest absolute Gasteiger partial charge is 0.488 e. The Balaban J connectivity index is 1.47. The highest BCUT2D eigenvalue weighted by molar-refractivity contribution is 7.92. The molecule has 0 unspecified atom stereocenters. The molecule has 5 rings (SSSR count). The van der Waals surface area contributed by atoms with E-state index in [9.17, 15) is 13.7 Å². The minimum Gasteiger partial charge on any atom is -0.488 e. The molecule has 39 heavy (non-hydrogen) atoms. The van der Waals surface area contributed by atoms with E-state index < -0.39 is 15.1 Å². The van der Waals surface area contributed by atoms with Crippen LogP contribution in [0.2, 0.25) is 0 Å². The van der Waals surface area contributed by atoms with Gasteiger partial charge in [-0.3, -0.25) is 4.68 Å². The Kier molecular flexibility index (Phi) is 7.46. The number of nitrogens with one attached hydrogen (secondary N) is 3. The molecule has 11 nitrogen and oxygen atoms in total. The van der Waals surface area contributed by atoms with E-state index in [2.05, 4.69) is 56.1 Å². The topological polar surface area (TPSA) is 147 Å². The minimum atomic E-state index is -3.67. The van der Waals surface area contributed by atoms with Gasteiger partial charge in [-0.2, -0.15) is 15.3 Å². The van der Waals surface area contributed by atoms with Crippen LogP contribution in [-0.4, -0.2) is 52.6 Å². The van der Waals surface area contributed by atoms with Crippen molar-refractivity contribution >= 4 is 33.0 Å². The monoisotopic (exact) mass is 550 g/mol. The molecule has 1 aliphatic carbocycles. The van der Waals surface area contributed by atoms with Crippen molar-refractivity contribution in [1.29, 1.82) is 5.26 Å². The molecule has 206 valence electrons. The summed E-state index contributed by atoms with van der Waals surface area (Å²) in [5.74, 6) is 1.68. The fourth-order valence-electron chi connectivity index (χ4n) is 4.69. The summed E-state index contributed by atoms with van der Waals surface area (Å²) in [6.07, 6.45) is 7.41. The van der Waals surface area contributed by atoms with Crippen LogP contribution < -0.4 is 20.7 Å². The lowest BCUT2D eigenvalue weighted by Gasteiger charge is -2.26. The molecule has 0 amide bonds. The zero-order valence-electron chi connectivity index (χ0n) is 22.7. The van der Waals surface area contributed by atoms with Crippen molar-refractivity contribution in [1.82, 2.24) is 25.1 Å². The number of nitrogens with zero attached hydrogens (tertiary/aromatic N) is 5. The Bertz CT molecular complexity index is 1520. The molecular weight excluding hydrogens is 516 g/mol. The number of aryl methyl sites for hydroxylation is 2. The van der Waals surface area contributed by atoms with E-state index in [4.69, 9.17) is 4.74 Å². The average Bonchev–Trinajstić information content (AvgIpc) is 3.65. The summed E-state index contributed by atoms with van der Waals surface area (Å²) in [5, 5.41) is 22.8. The number of anilines is 4. The molecule has 0 radical (unpaired) electrons. The third-order valence-electron chi connectivity index (χ3n) is 7.06. The number of nitriles is 1. The number of hydrogen-bond acceptors (Lipinski definition) is 10. The number of hydrogen-bond donors (Lipinski definition) is 3. The van der Waals surface area contributed by atoms with Gasteiger partial charge in [0.1, 0.15) is 17.4 Å². The lowest BCUT2D eigenvalue weighted by molar-refractivity contribution is 0.304. The Labute approximate surface area is 228 Å². The zero-order valence-corrected chi connectivity index (χ0v) is 23.5. The van der Waals surface area contributed by atoms with Crippen LogP contribution >= 0.6 is 0 Å². The molecule has 1 saturated carbocycles. The highest BCUT2D eigenvalue weighted by Crippen LogP contribution is 2.39. The van der Waals surface area contributed by atoms with Crippen LogP contribution in [0.4, 0.5) is 23.1 Å². The van der Waals surface area contributed by atoms with Crippen molar-refractivity contribution in [3.05, 3.63) is 41.2 Å². The maximum Gasteiger partial charge on any atom is 0.229 e. The summed E-state index contributed by atoms with van der Waals surface area (Å²) in [6.45, 7) is 7.32. The quantitative estimate of drug-likeness (QED) is 0.356. The van der Waals surface area contributed by atoms with Gasteiger partial charge in [0.15, 0.2) is 5.82 Å². The third-order valence-corrected chi connectivity index (χ3v) is 9.14. The van der Waals surface area contributed by atoms with E-state index in [0.29, 0.717) is 5.92 Å². The number of rotatable bonds is 9. The van der Waals surface area contributed by atoms with Gasteiger partial charge in [0.05, 0.1) is 28.9 Å². The van der Waals surface area contributed by atoms with Gasteiger partial charge in [-0.15, -0.1) is 0 Å². The smallest absolute Gasteiger partial charge is 0.229 e. The number of benzene rings is 1. The fraction of sp³-hybridized carbons (Fsp3) is 0.481. The van der Waals surface area contributed by atoms with Crippen molar-refractivity contribution in [2.75, 3.05) is 23.7 Å². The summed E-state index contributed by atoms with van der Waals surface area (Å²) >= 11 is 0. The highest BCUT2D eigenvalue weighted by Gasteiger charge is 2.28. The minimum absolute atomic E-state index is 0.0961. The number of piperidine rings is 1. The van der Waals surface area contributed by atoms with Gasteiger partial charge in [0.25, 0.3) is 0 Å². The second kappa shape index (κ2) is 10.8. The highest BCUT2D eigenvalue weighted by atomic mass is 32.2. The van der Waals surface area contributed by atoms with Crippen molar-refractivity contribution in [2.45, 2.75) is 68.8 Å². The molecule has 3 aromatic rings. The Hall–Kier alpha value is -3.69. The maximum absolute atomic E-state index is 12.9. The van der Waals surface area contributed by atoms with Gasteiger partial charge >= 0.3 is 0 Å². The maximum atomic E-state index is 12.9. The van der Waals surface area contributed by atoms with E-state index in [0.717, 1.165) is 50.2 Å². The summed E-state index contributed by atoms with van der Waals surface area (Å²) in [7, 11) is -2.03. The third kappa shape index (κ3) is 5.84. The van der Waals surface area contributed by atoms with Crippen molar-refractivity contribution < 1.29 is 13.2 Å². The van der Waals surface area contributed by atoms with E-state index in [1.807, 2.05) is 0 Å². The predicted molar refractivity (Wildman–Crippen MR) is 149 cm³/mol. The Morgan fingerprint density at radius 1 is 1.15 bits per heavy atom. The summed E-state index contributed by atoms with van der Waals surface area (Å²) in [4.78, 5) is 8.88. The summed E-state index contributed by atoms with van der Waals surface area (Å²) in [5.41, 5.74) is 3.63. The molecule has 3 heterocycles. The van der Waals surface area contributed by atoms with Gasteiger partial charge in [-0.05, 0) is 88.7 Å². The Morgan fingerprint density at radius 2 is 1.90 bits per heavy atom. The van der Waals surface area contributed by atoms with E-state index in [1.165, 1.54) is 22.0 Å². The predicted octanol–water partition coefficient (Wildman–Crippen LogP) is 4.07.